The quantitative estimate of drug-likeness (QED) is 0.147. The van der Waals surface area contributed by atoms with Crippen LogP contribution < -0.4 is 4.90 Å². The monoisotopic (exact) mass is 869 g/mol. The first-order valence-electron chi connectivity index (χ1n) is 23.1. The maximum atomic E-state index is 2.51. The van der Waals surface area contributed by atoms with Crippen LogP contribution in [0.1, 0.15) is 22.3 Å². The molecule has 0 atom stereocenters. The van der Waals surface area contributed by atoms with Crippen molar-refractivity contribution in [2.45, 2.75) is 5.41 Å². The summed E-state index contributed by atoms with van der Waals surface area (Å²) >= 11 is 1.86. The molecular formula is C65H43NS. The molecule has 1 aliphatic rings. The van der Waals surface area contributed by atoms with E-state index in [0.29, 0.717) is 0 Å². The van der Waals surface area contributed by atoms with Gasteiger partial charge in [0.25, 0.3) is 0 Å². The van der Waals surface area contributed by atoms with Gasteiger partial charge < -0.3 is 4.90 Å². The second kappa shape index (κ2) is 16.0. The van der Waals surface area contributed by atoms with Crippen LogP contribution >= 0.6 is 11.3 Å². The highest BCUT2D eigenvalue weighted by molar-refractivity contribution is 7.25. The number of fused-ring (bicyclic) bond motifs is 7. The summed E-state index contributed by atoms with van der Waals surface area (Å²) < 4.78 is 2.64. The summed E-state index contributed by atoms with van der Waals surface area (Å²) in [5.41, 5.74) is 17.5. The Hall–Kier alpha value is -8.30. The molecule has 2 heteroatoms. The van der Waals surface area contributed by atoms with Gasteiger partial charge in [-0.1, -0.05) is 212 Å². The van der Waals surface area contributed by atoms with E-state index in [0.717, 1.165) is 28.2 Å². The molecule has 1 aromatic heterocycles. The lowest BCUT2D eigenvalue weighted by molar-refractivity contribution is 0.768. The molecule has 314 valence electrons. The first-order valence-corrected chi connectivity index (χ1v) is 23.9. The largest absolute Gasteiger partial charge is 0.309 e. The SMILES string of the molecule is c1ccc(C2(c3ccccc3)c3ccccc3-c3c(N(c4ccc(-c5ccc6sc7ccccc7c6c5)cc4)c4ccccc4-c4cccc(-c5cccc6ccccc56)c4)cccc32)cc1. The van der Waals surface area contributed by atoms with Gasteiger partial charge in [0.05, 0.1) is 16.8 Å². The van der Waals surface area contributed by atoms with E-state index < -0.39 is 5.41 Å². The Balaban J connectivity index is 1.04. The molecule has 1 heterocycles. The van der Waals surface area contributed by atoms with Crippen LogP contribution in [0.15, 0.2) is 261 Å². The highest BCUT2D eigenvalue weighted by Crippen LogP contribution is 2.60. The molecule has 67 heavy (non-hydrogen) atoms. The smallest absolute Gasteiger partial charge is 0.0714 e. The van der Waals surface area contributed by atoms with Crippen molar-refractivity contribution in [3.05, 3.63) is 283 Å². The predicted molar refractivity (Wildman–Crippen MR) is 285 cm³/mol. The molecule has 0 fully saturated rings. The summed E-state index contributed by atoms with van der Waals surface area (Å²) in [6.07, 6.45) is 0. The Bertz CT molecular complexity index is 3760. The van der Waals surface area contributed by atoms with Gasteiger partial charge in [-0.3, -0.25) is 0 Å². The molecule has 12 aromatic rings. The lowest BCUT2D eigenvalue weighted by atomic mass is 9.68. The number of rotatable bonds is 8. The van der Waals surface area contributed by atoms with Crippen LogP contribution in [-0.2, 0) is 5.41 Å². The number of para-hydroxylation sites is 1. The van der Waals surface area contributed by atoms with Gasteiger partial charge in [-0.15, -0.1) is 11.3 Å². The van der Waals surface area contributed by atoms with Crippen LogP contribution in [0.25, 0.3) is 75.5 Å². The highest BCUT2D eigenvalue weighted by Gasteiger charge is 2.47. The second-order valence-corrected chi connectivity index (χ2v) is 18.6. The molecule has 1 aliphatic carbocycles. The standard InChI is InChI=1S/C65H43NS/c1-3-22-49(23-4-1)65(50-24-5-2-6-25-50)58-31-12-9-29-56(58)64-59(65)32-17-34-61(64)66(51-39-36-44(37-40-51)46-38-41-63-57(43-46)55-28-11-14-35-62(55)67-63)60-33-13-10-27-54(60)48-21-15-20-47(42-48)53-30-16-19-45-18-7-8-26-52(45)53/h1-43H. The molecule has 0 aliphatic heterocycles. The van der Waals surface area contributed by atoms with Crippen LogP contribution in [0.4, 0.5) is 17.1 Å². The zero-order valence-electron chi connectivity index (χ0n) is 36.7. The molecule has 0 N–H and O–H groups in total. The minimum Gasteiger partial charge on any atom is -0.309 e. The van der Waals surface area contributed by atoms with E-state index in [-0.39, 0.29) is 0 Å². The third kappa shape index (κ3) is 6.29. The molecule has 0 bridgehead atoms. The average Bonchev–Trinajstić information content (AvgIpc) is 3.93. The van der Waals surface area contributed by atoms with E-state index in [1.54, 1.807) is 0 Å². The molecule has 0 unspecified atom stereocenters. The maximum Gasteiger partial charge on any atom is 0.0714 e. The van der Waals surface area contributed by atoms with E-state index in [1.807, 2.05) is 11.3 Å². The van der Waals surface area contributed by atoms with E-state index in [9.17, 15) is 0 Å². The molecule has 1 nitrogen and oxygen atoms in total. The first-order chi connectivity index (χ1) is 33.2. The van der Waals surface area contributed by atoms with E-state index in [2.05, 4.69) is 266 Å². The average molecular weight is 870 g/mol. The third-order valence-electron chi connectivity index (χ3n) is 14.0. The zero-order valence-corrected chi connectivity index (χ0v) is 37.5. The maximum absolute atomic E-state index is 2.51. The van der Waals surface area contributed by atoms with E-state index in [4.69, 9.17) is 0 Å². The Morgan fingerprint density at radius 1 is 0.313 bits per heavy atom. The van der Waals surface area contributed by atoms with Gasteiger partial charge in [0.1, 0.15) is 0 Å². The van der Waals surface area contributed by atoms with Gasteiger partial charge in [0.2, 0.25) is 0 Å². The molecule has 11 aromatic carbocycles. The zero-order chi connectivity index (χ0) is 44.3. The Morgan fingerprint density at radius 3 is 1.67 bits per heavy atom. The Morgan fingerprint density at radius 2 is 0.866 bits per heavy atom. The summed E-state index contributed by atoms with van der Waals surface area (Å²) in [6, 6.07) is 96.5. The fraction of sp³-hybridized carbons (Fsp3) is 0.0154. The van der Waals surface area contributed by atoms with Crippen molar-refractivity contribution in [3.63, 3.8) is 0 Å². The van der Waals surface area contributed by atoms with Gasteiger partial charge >= 0.3 is 0 Å². The van der Waals surface area contributed by atoms with Gasteiger partial charge in [-0.2, -0.15) is 0 Å². The molecule has 0 saturated heterocycles. The second-order valence-electron chi connectivity index (χ2n) is 17.5. The van der Waals surface area contributed by atoms with Gasteiger partial charge in [0, 0.05) is 37.0 Å². The molecule has 13 rings (SSSR count). The van der Waals surface area contributed by atoms with Crippen molar-refractivity contribution in [1.29, 1.82) is 0 Å². The van der Waals surface area contributed by atoms with Crippen LogP contribution in [0.2, 0.25) is 0 Å². The number of benzene rings is 11. The molecule has 0 amide bonds. The van der Waals surface area contributed by atoms with Crippen LogP contribution in [0, 0.1) is 0 Å². The van der Waals surface area contributed by atoms with Crippen molar-refractivity contribution >= 4 is 59.3 Å². The number of anilines is 3. The Labute approximate surface area is 395 Å². The van der Waals surface area contributed by atoms with Crippen LogP contribution in [0.5, 0.6) is 0 Å². The molecule has 0 saturated carbocycles. The number of hydrogen-bond donors (Lipinski definition) is 0. The highest BCUT2D eigenvalue weighted by atomic mass is 32.1. The summed E-state index contributed by atoms with van der Waals surface area (Å²) in [5, 5.41) is 5.11. The lowest BCUT2D eigenvalue weighted by Gasteiger charge is -2.34. The van der Waals surface area contributed by atoms with Crippen LogP contribution in [0.3, 0.4) is 0 Å². The van der Waals surface area contributed by atoms with Gasteiger partial charge in [-0.05, 0) is 115 Å². The minimum atomic E-state index is -0.531. The molecular weight excluding hydrogens is 827 g/mol. The fourth-order valence-corrected chi connectivity index (χ4v) is 12.1. The van der Waals surface area contributed by atoms with Crippen LogP contribution in [-0.4, -0.2) is 0 Å². The number of thiophene rings is 1. The summed E-state index contributed by atoms with van der Waals surface area (Å²) in [7, 11) is 0. The lowest BCUT2D eigenvalue weighted by Crippen LogP contribution is -2.28. The first kappa shape index (κ1) is 39.1. The van der Waals surface area contributed by atoms with Crippen molar-refractivity contribution in [2.75, 3.05) is 4.90 Å². The minimum absolute atomic E-state index is 0.531. The molecule has 0 radical (unpaired) electrons. The van der Waals surface area contributed by atoms with Gasteiger partial charge in [-0.25, -0.2) is 0 Å². The topological polar surface area (TPSA) is 3.24 Å². The fourth-order valence-electron chi connectivity index (χ4n) is 11.0. The number of nitrogens with zero attached hydrogens (tertiary/aromatic N) is 1. The predicted octanol–water partition coefficient (Wildman–Crippen LogP) is 18.0. The van der Waals surface area contributed by atoms with Crippen molar-refractivity contribution in [3.8, 4) is 44.5 Å². The molecule has 0 spiro atoms. The normalized spacial score (nSPS) is 12.6. The third-order valence-corrected chi connectivity index (χ3v) is 15.1. The van der Waals surface area contributed by atoms with E-state index in [1.165, 1.54) is 86.6 Å². The summed E-state index contributed by atoms with van der Waals surface area (Å²) in [5.74, 6) is 0. The van der Waals surface area contributed by atoms with E-state index >= 15 is 0 Å². The summed E-state index contributed by atoms with van der Waals surface area (Å²) in [6.45, 7) is 0. The van der Waals surface area contributed by atoms with Crippen molar-refractivity contribution in [2.24, 2.45) is 0 Å². The van der Waals surface area contributed by atoms with Crippen molar-refractivity contribution < 1.29 is 0 Å². The summed E-state index contributed by atoms with van der Waals surface area (Å²) in [4.78, 5) is 2.51. The Kier molecular flexibility index (Phi) is 9.33. The van der Waals surface area contributed by atoms with Gasteiger partial charge in [0.15, 0.2) is 0 Å². The number of hydrogen-bond acceptors (Lipinski definition) is 2. The van der Waals surface area contributed by atoms with Crippen molar-refractivity contribution in [1.82, 2.24) is 0 Å².